The molecular weight excluding hydrogens is 442 g/mol. The number of rotatable bonds is 10. The summed E-state index contributed by atoms with van der Waals surface area (Å²) >= 11 is 2.87. The average molecular weight is 470 g/mol. The molecule has 3 aromatic rings. The number of carbonyl (C=O) groups excluding carboxylic acids is 1. The second kappa shape index (κ2) is 12.0. The van der Waals surface area contributed by atoms with Crippen molar-refractivity contribution in [3.8, 4) is 0 Å². The Hall–Kier alpha value is -2.46. The van der Waals surface area contributed by atoms with Gasteiger partial charge in [0.25, 0.3) is 0 Å². The summed E-state index contributed by atoms with van der Waals surface area (Å²) in [5.41, 5.74) is 3.59. The van der Waals surface area contributed by atoms with Crippen molar-refractivity contribution in [3.05, 3.63) is 71.3 Å². The van der Waals surface area contributed by atoms with Gasteiger partial charge in [0.1, 0.15) is 0 Å². The van der Waals surface area contributed by atoms with Crippen LogP contribution in [-0.2, 0) is 29.2 Å². The van der Waals surface area contributed by atoms with Crippen molar-refractivity contribution in [2.75, 3.05) is 37.4 Å². The van der Waals surface area contributed by atoms with Gasteiger partial charge in [0.05, 0.1) is 19.0 Å². The molecule has 32 heavy (non-hydrogen) atoms. The van der Waals surface area contributed by atoms with Gasteiger partial charge in [-0.3, -0.25) is 9.69 Å². The van der Waals surface area contributed by atoms with Gasteiger partial charge in [0.2, 0.25) is 11.0 Å². The number of thioether (sulfide) groups is 1. The fourth-order valence-electron chi connectivity index (χ4n) is 3.37. The summed E-state index contributed by atoms with van der Waals surface area (Å²) in [5.74, 6) is 0.309. The van der Waals surface area contributed by atoms with E-state index >= 15 is 0 Å². The SMILES string of the molecule is O=C(CSc1nnc(NCc2ccccc2)s1)NCc1ccccc1CN1CCOCC1. The topological polar surface area (TPSA) is 79.4 Å². The van der Waals surface area contributed by atoms with Crippen LogP contribution in [0.5, 0.6) is 0 Å². The van der Waals surface area contributed by atoms with E-state index in [1.54, 1.807) is 0 Å². The van der Waals surface area contributed by atoms with Crippen LogP contribution < -0.4 is 10.6 Å². The summed E-state index contributed by atoms with van der Waals surface area (Å²) in [7, 11) is 0. The maximum Gasteiger partial charge on any atom is 0.230 e. The Morgan fingerprint density at radius 3 is 2.56 bits per heavy atom. The van der Waals surface area contributed by atoms with Gasteiger partial charge < -0.3 is 15.4 Å². The van der Waals surface area contributed by atoms with Crippen molar-refractivity contribution in [1.29, 1.82) is 0 Å². The lowest BCUT2D eigenvalue weighted by atomic mass is 10.1. The molecule has 1 aliphatic rings. The summed E-state index contributed by atoms with van der Waals surface area (Å²) in [6.45, 7) is 5.57. The molecule has 1 aliphatic heterocycles. The minimum atomic E-state index is -0.00910. The number of ether oxygens (including phenoxy) is 1. The van der Waals surface area contributed by atoms with Crippen LogP contribution in [-0.4, -0.2) is 53.1 Å². The van der Waals surface area contributed by atoms with Crippen LogP contribution in [0.4, 0.5) is 5.13 Å². The molecule has 2 aromatic carbocycles. The molecule has 0 radical (unpaired) electrons. The molecule has 1 amide bonds. The van der Waals surface area contributed by atoms with Crippen molar-refractivity contribution in [3.63, 3.8) is 0 Å². The van der Waals surface area contributed by atoms with Gasteiger partial charge in [-0.2, -0.15) is 0 Å². The molecule has 9 heteroatoms. The zero-order valence-electron chi connectivity index (χ0n) is 17.8. The first-order valence-corrected chi connectivity index (χ1v) is 12.4. The molecule has 0 atom stereocenters. The Labute approximate surface area is 196 Å². The summed E-state index contributed by atoms with van der Waals surface area (Å²) < 4.78 is 6.21. The summed E-state index contributed by atoms with van der Waals surface area (Å²) in [6.07, 6.45) is 0. The molecule has 1 saturated heterocycles. The van der Waals surface area contributed by atoms with Gasteiger partial charge in [0, 0.05) is 32.7 Å². The molecule has 1 fully saturated rings. The van der Waals surface area contributed by atoms with E-state index in [1.807, 2.05) is 24.3 Å². The second-order valence-electron chi connectivity index (χ2n) is 7.43. The maximum atomic E-state index is 12.4. The van der Waals surface area contributed by atoms with Gasteiger partial charge >= 0.3 is 0 Å². The second-order valence-corrected chi connectivity index (χ2v) is 9.63. The minimum absolute atomic E-state index is 0.00910. The molecule has 2 heterocycles. The number of anilines is 1. The van der Waals surface area contributed by atoms with Crippen molar-refractivity contribution in [2.45, 2.75) is 24.0 Å². The third kappa shape index (κ3) is 7.03. The number of carbonyl (C=O) groups is 1. The van der Waals surface area contributed by atoms with Crippen molar-refractivity contribution in [1.82, 2.24) is 20.4 Å². The zero-order chi connectivity index (χ0) is 22.0. The molecule has 4 rings (SSSR count). The Balaban J connectivity index is 1.21. The lowest BCUT2D eigenvalue weighted by Crippen LogP contribution is -2.36. The number of hydrogen-bond donors (Lipinski definition) is 2. The van der Waals surface area contributed by atoms with Gasteiger partial charge in [-0.15, -0.1) is 10.2 Å². The number of nitrogens with zero attached hydrogens (tertiary/aromatic N) is 3. The van der Waals surface area contributed by atoms with Crippen LogP contribution in [0.25, 0.3) is 0 Å². The Morgan fingerprint density at radius 2 is 1.75 bits per heavy atom. The van der Waals surface area contributed by atoms with Gasteiger partial charge in [0.15, 0.2) is 4.34 Å². The van der Waals surface area contributed by atoms with E-state index in [9.17, 15) is 4.79 Å². The number of hydrogen-bond acceptors (Lipinski definition) is 8. The van der Waals surface area contributed by atoms with Crippen molar-refractivity contribution >= 4 is 34.1 Å². The Morgan fingerprint density at radius 1 is 1.00 bits per heavy atom. The number of nitrogens with one attached hydrogen (secondary N) is 2. The van der Waals surface area contributed by atoms with Crippen LogP contribution in [0.3, 0.4) is 0 Å². The summed E-state index contributed by atoms with van der Waals surface area (Å²) in [5, 5.41) is 15.4. The van der Waals surface area contributed by atoms with Gasteiger partial charge in [-0.1, -0.05) is 77.7 Å². The number of morpholine rings is 1. The standard InChI is InChI=1S/C23H27N5O2S2/c29-21(17-31-23-27-26-22(32-23)25-14-18-6-2-1-3-7-18)24-15-19-8-4-5-9-20(19)16-28-10-12-30-13-11-28/h1-9H,10-17H2,(H,24,29)(H,25,26). The molecule has 0 aliphatic carbocycles. The summed E-state index contributed by atoms with van der Waals surface area (Å²) in [6, 6.07) is 18.4. The van der Waals surface area contributed by atoms with Crippen LogP contribution in [0, 0.1) is 0 Å². The zero-order valence-corrected chi connectivity index (χ0v) is 19.5. The predicted octanol–water partition coefficient (Wildman–Crippen LogP) is 3.39. The Bertz CT molecular complexity index is 993. The molecule has 7 nitrogen and oxygen atoms in total. The van der Waals surface area contributed by atoms with E-state index in [4.69, 9.17) is 4.74 Å². The van der Waals surface area contributed by atoms with Gasteiger partial charge in [-0.05, 0) is 16.7 Å². The lowest BCUT2D eigenvalue weighted by molar-refractivity contribution is -0.118. The molecule has 0 unspecified atom stereocenters. The number of benzene rings is 2. The van der Waals surface area contributed by atoms with Crippen LogP contribution in [0.1, 0.15) is 16.7 Å². The van der Waals surface area contributed by atoms with E-state index in [-0.39, 0.29) is 5.91 Å². The van der Waals surface area contributed by atoms with Crippen LogP contribution >= 0.6 is 23.1 Å². The normalized spacial score (nSPS) is 14.2. The minimum Gasteiger partial charge on any atom is -0.379 e. The largest absolute Gasteiger partial charge is 0.379 e. The molecular formula is C23H27N5O2S2. The van der Waals surface area contributed by atoms with E-state index in [0.717, 1.165) is 47.9 Å². The first kappa shape index (κ1) is 22.7. The molecule has 0 saturated carbocycles. The van der Waals surface area contributed by atoms with Crippen LogP contribution in [0.2, 0.25) is 0 Å². The van der Waals surface area contributed by atoms with E-state index in [1.165, 1.54) is 34.2 Å². The number of amides is 1. The number of aromatic nitrogens is 2. The van der Waals surface area contributed by atoms with Gasteiger partial charge in [-0.25, -0.2) is 0 Å². The Kier molecular flexibility index (Phi) is 8.49. The highest BCUT2D eigenvalue weighted by atomic mass is 32.2. The molecule has 1 aromatic heterocycles. The van der Waals surface area contributed by atoms with Crippen molar-refractivity contribution < 1.29 is 9.53 Å². The maximum absolute atomic E-state index is 12.4. The fourth-order valence-corrected chi connectivity index (χ4v) is 4.95. The highest BCUT2D eigenvalue weighted by Crippen LogP contribution is 2.25. The highest BCUT2D eigenvalue weighted by Gasteiger charge is 2.13. The van der Waals surface area contributed by atoms with E-state index < -0.39 is 0 Å². The molecule has 0 spiro atoms. The lowest BCUT2D eigenvalue weighted by Gasteiger charge is -2.27. The third-order valence-electron chi connectivity index (χ3n) is 5.11. The van der Waals surface area contributed by atoms with E-state index in [2.05, 4.69) is 56.1 Å². The smallest absolute Gasteiger partial charge is 0.230 e. The molecule has 168 valence electrons. The first-order valence-electron chi connectivity index (χ1n) is 10.6. The third-order valence-corrected chi connectivity index (χ3v) is 7.13. The van der Waals surface area contributed by atoms with Crippen LogP contribution in [0.15, 0.2) is 58.9 Å². The van der Waals surface area contributed by atoms with Crippen molar-refractivity contribution in [2.24, 2.45) is 0 Å². The average Bonchev–Trinajstić information content (AvgIpc) is 3.30. The predicted molar refractivity (Wildman–Crippen MR) is 129 cm³/mol. The van der Waals surface area contributed by atoms with E-state index in [0.29, 0.717) is 18.8 Å². The quantitative estimate of drug-likeness (QED) is 0.441. The monoisotopic (exact) mass is 469 g/mol. The summed E-state index contributed by atoms with van der Waals surface area (Å²) in [4.78, 5) is 14.8. The first-order chi connectivity index (χ1) is 15.8. The highest BCUT2D eigenvalue weighted by molar-refractivity contribution is 8.01. The molecule has 0 bridgehead atoms. The fraction of sp³-hybridized carbons (Fsp3) is 0.348. The molecule has 2 N–H and O–H groups in total.